The van der Waals surface area contributed by atoms with Gasteiger partial charge >= 0.3 is 0 Å². The number of piperazine rings is 1. The lowest BCUT2D eigenvalue weighted by Gasteiger charge is -2.35. The fourth-order valence-electron chi connectivity index (χ4n) is 3.37. The minimum Gasteiger partial charge on any atom is -0.496 e. The first-order valence-electron chi connectivity index (χ1n) is 9.49. The molecule has 0 bridgehead atoms. The van der Waals surface area contributed by atoms with Crippen LogP contribution in [0.1, 0.15) is 21.5 Å². The molecule has 154 valence electrons. The van der Waals surface area contributed by atoms with Gasteiger partial charge < -0.3 is 19.3 Å². The maximum Gasteiger partial charge on any atom is 0.260 e. The summed E-state index contributed by atoms with van der Waals surface area (Å²) in [5, 5.41) is 0.478. The van der Waals surface area contributed by atoms with Gasteiger partial charge in [0.05, 0.1) is 12.7 Å². The number of amides is 2. The predicted octanol–water partition coefficient (Wildman–Crippen LogP) is 3.33. The van der Waals surface area contributed by atoms with Gasteiger partial charge in [-0.25, -0.2) is 0 Å². The topological polar surface area (TPSA) is 59.1 Å². The average Bonchev–Trinajstić information content (AvgIpc) is 2.72. The van der Waals surface area contributed by atoms with Gasteiger partial charge in [0.25, 0.3) is 11.8 Å². The first-order chi connectivity index (χ1) is 13.9. The zero-order valence-corrected chi connectivity index (χ0v) is 17.7. The highest BCUT2D eigenvalue weighted by atomic mass is 35.5. The molecule has 2 aromatic carbocycles. The number of nitrogens with zero attached hydrogens (tertiary/aromatic N) is 2. The van der Waals surface area contributed by atoms with Crippen LogP contribution in [0.25, 0.3) is 0 Å². The molecule has 0 aromatic heterocycles. The monoisotopic (exact) mass is 416 g/mol. The van der Waals surface area contributed by atoms with Crippen molar-refractivity contribution in [3.8, 4) is 11.5 Å². The number of aryl methyl sites for hydroxylation is 2. The summed E-state index contributed by atoms with van der Waals surface area (Å²) in [5.41, 5.74) is 2.58. The van der Waals surface area contributed by atoms with Crippen molar-refractivity contribution in [2.24, 2.45) is 0 Å². The summed E-state index contributed by atoms with van der Waals surface area (Å²) in [6.45, 7) is 5.78. The highest BCUT2D eigenvalue weighted by molar-refractivity contribution is 6.31. The maximum atomic E-state index is 12.8. The minimum absolute atomic E-state index is 0.0139. The van der Waals surface area contributed by atoms with Crippen LogP contribution >= 0.6 is 11.6 Å². The van der Waals surface area contributed by atoms with E-state index in [1.54, 1.807) is 28.0 Å². The van der Waals surface area contributed by atoms with Crippen LogP contribution in [0.4, 0.5) is 0 Å². The zero-order chi connectivity index (χ0) is 21.0. The Hall–Kier alpha value is -2.73. The van der Waals surface area contributed by atoms with E-state index in [0.717, 1.165) is 11.1 Å². The van der Waals surface area contributed by atoms with E-state index in [1.165, 1.54) is 7.11 Å². The molecule has 0 N–H and O–H groups in total. The molecule has 1 fully saturated rings. The summed E-state index contributed by atoms with van der Waals surface area (Å²) in [5.74, 6) is 0.964. The number of ether oxygens (including phenoxy) is 2. The van der Waals surface area contributed by atoms with E-state index in [2.05, 4.69) is 0 Å². The Balaban J connectivity index is 1.55. The number of carbonyl (C=O) groups excluding carboxylic acids is 2. The lowest BCUT2D eigenvalue weighted by Crippen LogP contribution is -2.51. The molecule has 0 atom stereocenters. The van der Waals surface area contributed by atoms with Crippen molar-refractivity contribution in [2.45, 2.75) is 13.8 Å². The number of methoxy groups -OCH3 is 1. The van der Waals surface area contributed by atoms with Gasteiger partial charge in [0.15, 0.2) is 6.61 Å². The van der Waals surface area contributed by atoms with Crippen molar-refractivity contribution < 1.29 is 19.1 Å². The molecule has 0 aliphatic carbocycles. The third-order valence-electron chi connectivity index (χ3n) is 4.99. The van der Waals surface area contributed by atoms with Gasteiger partial charge in [0, 0.05) is 31.2 Å². The van der Waals surface area contributed by atoms with Crippen LogP contribution in [0.15, 0.2) is 36.4 Å². The highest BCUT2D eigenvalue weighted by Crippen LogP contribution is 2.24. The largest absolute Gasteiger partial charge is 0.496 e. The summed E-state index contributed by atoms with van der Waals surface area (Å²) in [6, 6.07) is 10.8. The van der Waals surface area contributed by atoms with Crippen molar-refractivity contribution in [1.82, 2.24) is 9.80 Å². The van der Waals surface area contributed by atoms with Gasteiger partial charge in [0.2, 0.25) is 0 Å². The maximum absolute atomic E-state index is 12.8. The van der Waals surface area contributed by atoms with Crippen LogP contribution in [-0.2, 0) is 4.79 Å². The molecule has 7 heteroatoms. The summed E-state index contributed by atoms with van der Waals surface area (Å²) in [7, 11) is 1.52. The van der Waals surface area contributed by atoms with Gasteiger partial charge in [-0.2, -0.15) is 0 Å². The number of hydrogen-bond donors (Lipinski definition) is 0. The lowest BCUT2D eigenvalue weighted by atomic mass is 10.1. The fraction of sp³-hybridized carbons (Fsp3) is 0.364. The molecule has 0 unspecified atom stereocenters. The molecule has 6 nitrogen and oxygen atoms in total. The molecule has 29 heavy (non-hydrogen) atoms. The fourth-order valence-corrected chi connectivity index (χ4v) is 3.54. The SMILES string of the molecule is COc1ccc(Cl)cc1C(=O)N1CCN(C(=O)COc2ccc(C)cc2C)CC1. The molecular formula is C22H25ClN2O4. The number of hydrogen-bond acceptors (Lipinski definition) is 4. The van der Waals surface area contributed by atoms with Gasteiger partial charge in [0.1, 0.15) is 11.5 Å². The van der Waals surface area contributed by atoms with E-state index < -0.39 is 0 Å². The van der Waals surface area contributed by atoms with Crippen LogP contribution in [-0.4, -0.2) is 61.5 Å². The normalized spacial score (nSPS) is 13.9. The van der Waals surface area contributed by atoms with E-state index in [4.69, 9.17) is 21.1 Å². The Kier molecular flexibility index (Phi) is 6.64. The van der Waals surface area contributed by atoms with Crippen molar-refractivity contribution in [1.29, 1.82) is 0 Å². The van der Waals surface area contributed by atoms with E-state index in [9.17, 15) is 9.59 Å². The molecule has 3 rings (SSSR count). The number of benzene rings is 2. The molecule has 2 amide bonds. The quantitative estimate of drug-likeness (QED) is 0.750. The van der Waals surface area contributed by atoms with Gasteiger partial charge in [-0.1, -0.05) is 29.3 Å². The molecule has 1 saturated heterocycles. The van der Waals surface area contributed by atoms with Crippen LogP contribution in [0.3, 0.4) is 0 Å². The molecule has 1 aliphatic rings. The van der Waals surface area contributed by atoms with Crippen LogP contribution in [0, 0.1) is 13.8 Å². The third-order valence-corrected chi connectivity index (χ3v) is 5.23. The second-order valence-electron chi connectivity index (χ2n) is 7.08. The molecule has 0 spiro atoms. The van der Waals surface area contributed by atoms with Crippen molar-refractivity contribution >= 4 is 23.4 Å². The number of carbonyl (C=O) groups is 2. The highest BCUT2D eigenvalue weighted by Gasteiger charge is 2.26. The molecule has 0 saturated carbocycles. The average molecular weight is 417 g/mol. The van der Waals surface area contributed by atoms with Crippen molar-refractivity contribution in [3.05, 3.63) is 58.1 Å². The summed E-state index contributed by atoms with van der Waals surface area (Å²) in [6.07, 6.45) is 0. The van der Waals surface area contributed by atoms with E-state index in [-0.39, 0.29) is 18.4 Å². The molecule has 0 radical (unpaired) electrons. The lowest BCUT2D eigenvalue weighted by molar-refractivity contribution is -0.134. The zero-order valence-electron chi connectivity index (χ0n) is 16.9. The summed E-state index contributed by atoms with van der Waals surface area (Å²) >= 11 is 6.03. The second-order valence-corrected chi connectivity index (χ2v) is 7.51. The Bertz CT molecular complexity index is 908. The first kappa shape index (κ1) is 21.0. The van der Waals surface area contributed by atoms with Crippen LogP contribution in [0.5, 0.6) is 11.5 Å². The summed E-state index contributed by atoms with van der Waals surface area (Å²) in [4.78, 5) is 28.8. The third kappa shape index (κ3) is 5.01. The Labute approximate surface area is 176 Å². The van der Waals surface area contributed by atoms with Crippen LogP contribution < -0.4 is 9.47 Å². The second kappa shape index (κ2) is 9.18. The van der Waals surface area contributed by atoms with E-state index in [0.29, 0.717) is 48.3 Å². The van der Waals surface area contributed by atoms with Gasteiger partial charge in [-0.3, -0.25) is 9.59 Å². The molecule has 2 aromatic rings. The smallest absolute Gasteiger partial charge is 0.260 e. The molecule has 1 aliphatic heterocycles. The molecule has 1 heterocycles. The predicted molar refractivity (Wildman–Crippen MR) is 112 cm³/mol. The van der Waals surface area contributed by atoms with Crippen molar-refractivity contribution in [3.63, 3.8) is 0 Å². The van der Waals surface area contributed by atoms with Crippen molar-refractivity contribution in [2.75, 3.05) is 39.9 Å². The molecular weight excluding hydrogens is 392 g/mol. The van der Waals surface area contributed by atoms with E-state index >= 15 is 0 Å². The number of halogens is 1. The van der Waals surface area contributed by atoms with Gasteiger partial charge in [-0.05, 0) is 43.7 Å². The number of rotatable bonds is 5. The summed E-state index contributed by atoms with van der Waals surface area (Å²) < 4.78 is 11.0. The standard InChI is InChI=1S/C22H25ClN2O4/c1-15-4-6-19(16(2)12-15)29-14-21(26)24-8-10-25(11-9-24)22(27)18-13-17(23)5-7-20(18)28-3/h4-7,12-13H,8-11,14H2,1-3H3. The van der Waals surface area contributed by atoms with Crippen LogP contribution in [0.2, 0.25) is 5.02 Å². The Morgan fingerprint density at radius 2 is 1.62 bits per heavy atom. The van der Waals surface area contributed by atoms with Gasteiger partial charge in [-0.15, -0.1) is 0 Å². The Morgan fingerprint density at radius 3 is 2.28 bits per heavy atom. The first-order valence-corrected chi connectivity index (χ1v) is 9.87. The van der Waals surface area contributed by atoms with E-state index in [1.807, 2.05) is 32.0 Å². The Morgan fingerprint density at radius 1 is 0.966 bits per heavy atom. The minimum atomic E-state index is -0.150.